The zero-order chi connectivity index (χ0) is 20.1. The van der Waals surface area contributed by atoms with E-state index in [2.05, 4.69) is 0 Å². The molecule has 1 aromatic carbocycles. The van der Waals surface area contributed by atoms with Gasteiger partial charge in [0.1, 0.15) is 12.3 Å². The Morgan fingerprint density at radius 2 is 1.86 bits per heavy atom. The number of carbonyl (C=O) groups is 3. The Labute approximate surface area is 165 Å². The van der Waals surface area contributed by atoms with Crippen LogP contribution in [0.1, 0.15) is 19.8 Å². The van der Waals surface area contributed by atoms with Crippen LogP contribution in [0.4, 0.5) is 4.79 Å². The van der Waals surface area contributed by atoms with Crippen molar-refractivity contribution < 1.29 is 23.9 Å². The number of imide groups is 1. The third kappa shape index (κ3) is 4.44. The number of likely N-dealkylation sites (tertiary alicyclic amines) is 1. The molecule has 0 N–H and O–H groups in total. The van der Waals surface area contributed by atoms with E-state index in [1.54, 1.807) is 16.7 Å². The van der Waals surface area contributed by atoms with Gasteiger partial charge in [-0.05, 0) is 31.9 Å². The van der Waals surface area contributed by atoms with Gasteiger partial charge in [0.15, 0.2) is 6.10 Å². The van der Waals surface area contributed by atoms with E-state index in [0.29, 0.717) is 38.3 Å². The van der Waals surface area contributed by atoms with Crippen molar-refractivity contribution >= 4 is 17.8 Å². The average Bonchev–Trinajstić information content (AvgIpc) is 3.00. The van der Waals surface area contributed by atoms with Crippen molar-refractivity contribution in [2.75, 3.05) is 39.9 Å². The molecule has 28 heavy (non-hydrogen) atoms. The van der Waals surface area contributed by atoms with E-state index >= 15 is 0 Å². The number of methoxy groups -OCH3 is 1. The highest BCUT2D eigenvalue weighted by molar-refractivity contribution is 6.02. The lowest BCUT2D eigenvalue weighted by Gasteiger charge is -2.37. The van der Waals surface area contributed by atoms with E-state index in [9.17, 15) is 14.4 Å². The van der Waals surface area contributed by atoms with Gasteiger partial charge in [-0.15, -0.1) is 0 Å². The molecule has 8 nitrogen and oxygen atoms in total. The second kappa shape index (κ2) is 9.05. The van der Waals surface area contributed by atoms with Crippen LogP contribution < -0.4 is 4.74 Å². The van der Waals surface area contributed by atoms with E-state index in [-0.39, 0.29) is 37.0 Å². The Bertz CT molecular complexity index is 703. The highest BCUT2D eigenvalue weighted by atomic mass is 16.5. The highest BCUT2D eigenvalue weighted by Crippen LogP contribution is 2.23. The van der Waals surface area contributed by atoms with Crippen LogP contribution in [0.5, 0.6) is 5.75 Å². The zero-order valence-electron chi connectivity index (χ0n) is 16.4. The summed E-state index contributed by atoms with van der Waals surface area (Å²) in [4.78, 5) is 41.9. The van der Waals surface area contributed by atoms with Crippen LogP contribution in [0.15, 0.2) is 30.3 Å². The first-order valence-corrected chi connectivity index (χ1v) is 9.61. The molecular weight excluding hydrogens is 362 g/mol. The molecule has 152 valence electrons. The molecule has 0 aromatic heterocycles. The largest absolute Gasteiger partial charge is 0.481 e. The molecule has 0 radical (unpaired) electrons. The van der Waals surface area contributed by atoms with Crippen LogP contribution >= 0.6 is 0 Å². The van der Waals surface area contributed by atoms with Gasteiger partial charge in [0.05, 0.1) is 13.2 Å². The van der Waals surface area contributed by atoms with Crippen molar-refractivity contribution in [3.05, 3.63) is 30.3 Å². The maximum Gasteiger partial charge on any atom is 0.327 e. The lowest BCUT2D eigenvalue weighted by atomic mass is 10.0. The molecule has 0 bridgehead atoms. The monoisotopic (exact) mass is 389 g/mol. The third-order valence-electron chi connectivity index (χ3n) is 5.22. The molecule has 4 amide bonds. The van der Waals surface area contributed by atoms with Gasteiger partial charge in [-0.3, -0.25) is 14.5 Å². The van der Waals surface area contributed by atoms with E-state index in [4.69, 9.17) is 9.47 Å². The molecule has 2 fully saturated rings. The van der Waals surface area contributed by atoms with Crippen molar-refractivity contribution in [1.29, 1.82) is 0 Å². The molecule has 2 aliphatic heterocycles. The minimum atomic E-state index is -0.571. The number of piperidine rings is 1. The van der Waals surface area contributed by atoms with Crippen molar-refractivity contribution in [2.45, 2.75) is 31.9 Å². The summed E-state index contributed by atoms with van der Waals surface area (Å²) in [5.41, 5.74) is 0. The SMILES string of the molecule is COCCN1C(=O)CN(C2CCN(C(=O)[C@@H](C)Oc3ccccc3)CC2)C1=O. The molecule has 0 aliphatic carbocycles. The second-order valence-electron chi connectivity index (χ2n) is 7.08. The van der Waals surface area contributed by atoms with Crippen molar-refractivity contribution in [1.82, 2.24) is 14.7 Å². The van der Waals surface area contributed by atoms with Gasteiger partial charge >= 0.3 is 6.03 Å². The molecule has 0 spiro atoms. The Morgan fingerprint density at radius 3 is 2.50 bits per heavy atom. The van der Waals surface area contributed by atoms with Crippen molar-refractivity contribution in [3.63, 3.8) is 0 Å². The van der Waals surface area contributed by atoms with Crippen LogP contribution in [0, 0.1) is 0 Å². The minimum Gasteiger partial charge on any atom is -0.481 e. The van der Waals surface area contributed by atoms with Crippen LogP contribution in [0.3, 0.4) is 0 Å². The van der Waals surface area contributed by atoms with E-state index in [0.717, 1.165) is 0 Å². The number of benzene rings is 1. The van der Waals surface area contributed by atoms with E-state index in [1.165, 1.54) is 12.0 Å². The predicted molar refractivity (Wildman–Crippen MR) is 102 cm³/mol. The fourth-order valence-electron chi connectivity index (χ4n) is 3.66. The number of ether oxygens (including phenoxy) is 2. The quantitative estimate of drug-likeness (QED) is 0.658. The summed E-state index contributed by atoms with van der Waals surface area (Å²) in [5.74, 6) is 0.411. The number of hydrogen-bond acceptors (Lipinski definition) is 5. The van der Waals surface area contributed by atoms with Gasteiger partial charge in [-0.2, -0.15) is 0 Å². The molecule has 2 heterocycles. The van der Waals surface area contributed by atoms with Gasteiger partial charge in [0.25, 0.3) is 5.91 Å². The topological polar surface area (TPSA) is 79.4 Å². The number of hydrogen-bond donors (Lipinski definition) is 0. The number of nitrogens with zero attached hydrogens (tertiary/aromatic N) is 3. The summed E-state index contributed by atoms with van der Waals surface area (Å²) >= 11 is 0. The fraction of sp³-hybridized carbons (Fsp3) is 0.550. The third-order valence-corrected chi connectivity index (χ3v) is 5.22. The molecule has 3 rings (SSSR count). The fourth-order valence-corrected chi connectivity index (χ4v) is 3.66. The standard InChI is InChI=1S/C20H27N3O5/c1-15(28-17-6-4-3-5-7-17)19(25)21-10-8-16(9-11-21)23-14-18(24)22(20(23)26)12-13-27-2/h3-7,15-16H,8-14H2,1-2H3/t15-/m1/s1. The number of rotatable bonds is 7. The van der Waals surface area contributed by atoms with Gasteiger partial charge in [0.2, 0.25) is 5.91 Å². The van der Waals surface area contributed by atoms with Crippen LogP contribution in [-0.4, -0.2) is 84.6 Å². The van der Waals surface area contributed by atoms with Crippen LogP contribution in [-0.2, 0) is 14.3 Å². The Kier molecular flexibility index (Phi) is 6.51. The van der Waals surface area contributed by atoms with E-state index < -0.39 is 6.10 Å². The van der Waals surface area contributed by atoms with Gasteiger partial charge < -0.3 is 19.3 Å². The lowest BCUT2D eigenvalue weighted by Crippen LogP contribution is -2.50. The summed E-state index contributed by atoms with van der Waals surface area (Å²) in [7, 11) is 1.54. The van der Waals surface area contributed by atoms with Crippen LogP contribution in [0.25, 0.3) is 0 Å². The molecule has 2 saturated heterocycles. The van der Waals surface area contributed by atoms with Gasteiger partial charge in [-0.1, -0.05) is 18.2 Å². The summed E-state index contributed by atoms with van der Waals surface area (Å²) < 4.78 is 10.7. The molecule has 0 unspecified atom stereocenters. The molecule has 8 heteroatoms. The maximum absolute atomic E-state index is 12.7. The first kappa shape index (κ1) is 20.1. The molecule has 1 atom stereocenters. The molecule has 2 aliphatic rings. The number of carbonyl (C=O) groups excluding carboxylic acids is 3. The Morgan fingerprint density at radius 1 is 1.18 bits per heavy atom. The Hall–Kier alpha value is -2.61. The number of urea groups is 1. The molecule has 1 aromatic rings. The minimum absolute atomic E-state index is 0.0293. The molecular formula is C20H27N3O5. The molecule has 0 saturated carbocycles. The van der Waals surface area contributed by atoms with Gasteiger partial charge in [0, 0.05) is 26.2 Å². The summed E-state index contributed by atoms with van der Waals surface area (Å²) in [5, 5.41) is 0. The zero-order valence-corrected chi connectivity index (χ0v) is 16.4. The Balaban J connectivity index is 1.51. The lowest BCUT2D eigenvalue weighted by molar-refractivity contribution is -0.139. The highest BCUT2D eigenvalue weighted by Gasteiger charge is 2.41. The first-order chi connectivity index (χ1) is 13.5. The summed E-state index contributed by atoms with van der Waals surface area (Å²) in [6.07, 6.45) is 0.737. The summed E-state index contributed by atoms with van der Waals surface area (Å²) in [6, 6.07) is 8.98. The predicted octanol–water partition coefficient (Wildman–Crippen LogP) is 1.36. The average molecular weight is 389 g/mol. The smallest absolute Gasteiger partial charge is 0.327 e. The van der Waals surface area contributed by atoms with Crippen molar-refractivity contribution in [3.8, 4) is 5.75 Å². The van der Waals surface area contributed by atoms with E-state index in [1.807, 2.05) is 30.3 Å². The van der Waals surface area contributed by atoms with Crippen molar-refractivity contribution in [2.24, 2.45) is 0 Å². The summed E-state index contributed by atoms with van der Waals surface area (Å²) in [6.45, 7) is 3.55. The second-order valence-corrected chi connectivity index (χ2v) is 7.08. The normalized spacial score (nSPS) is 19.3. The van der Waals surface area contributed by atoms with Crippen LogP contribution in [0.2, 0.25) is 0 Å². The first-order valence-electron chi connectivity index (χ1n) is 9.61. The number of amides is 4. The van der Waals surface area contributed by atoms with Gasteiger partial charge in [-0.25, -0.2) is 4.79 Å². The maximum atomic E-state index is 12.7. The number of para-hydroxylation sites is 1.